The molecule has 0 bridgehead atoms. The van der Waals surface area contributed by atoms with Gasteiger partial charge in [-0.25, -0.2) is 4.98 Å². The number of likely N-dealkylation sites (tertiary alicyclic amines) is 1. The Hall–Kier alpha value is -3.01. The molecule has 1 fully saturated rings. The molecule has 3 heterocycles. The second kappa shape index (κ2) is 7.04. The molecule has 0 atom stereocenters. The van der Waals surface area contributed by atoms with E-state index in [0.717, 1.165) is 18.7 Å². The number of hydrogen-bond donors (Lipinski definition) is 1. The summed E-state index contributed by atoms with van der Waals surface area (Å²) in [5, 5.41) is 20.2. The highest BCUT2D eigenvalue weighted by Crippen LogP contribution is 2.17. The maximum absolute atomic E-state index is 12.6. The van der Waals surface area contributed by atoms with Gasteiger partial charge in [-0.2, -0.15) is 10.4 Å². The van der Waals surface area contributed by atoms with Crippen molar-refractivity contribution in [3.05, 3.63) is 47.4 Å². The van der Waals surface area contributed by atoms with Gasteiger partial charge in [0.15, 0.2) is 0 Å². The second-order valence-electron chi connectivity index (χ2n) is 5.76. The van der Waals surface area contributed by atoms with Crippen LogP contribution in [0.3, 0.4) is 0 Å². The van der Waals surface area contributed by atoms with Crippen LogP contribution in [0.5, 0.6) is 0 Å². The Morgan fingerprint density at radius 2 is 2.12 bits per heavy atom. The first-order valence-electron chi connectivity index (χ1n) is 7.88. The number of nitriles is 1. The van der Waals surface area contributed by atoms with Crippen LogP contribution in [0.25, 0.3) is 0 Å². The Bertz CT molecular complexity index is 762. The summed E-state index contributed by atoms with van der Waals surface area (Å²) < 4.78 is 0. The van der Waals surface area contributed by atoms with Crippen LogP contribution in [0.4, 0.5) is 5.82 Å². The minimum Gasteiger partial charge on any atom is -0.366 e. The standard InChI is InChI=1S/C17H18N6O/c1-12-13(11-18)4-5-15(20-12)17(24)23-9-6-14(7-10-23)21-16-3-2-8-19-22-16/h2-5,8,14H,6-7,9-10H2,1H3,(H,21,22). The number of carbonyl (C=O) groups excluding carboxylic acids is 1. The molecule has 7 nitrogen and oxygen atoms in total. The van der Waals surface area contributed by atoms with Gasteiger partial charge in [0, 0.05) is 25.3 Å². The number of pyridine rings is 1. The Balaban J connectivity index is 1.59. The minimum atomic E-state index is -0.0828. The molecule has 0 saturated carbocycles. The van der Waals surface area contributed by atoms with Gasteiger partial charge < -0.3 is 10.2 Å². The molecule has 0 radical (unpaired) electrons. The maximum atomic E-state index is 12.6. The first-order valence-corrected chi connectivity index (χ1v) is 7.88. The van der Waals surface area contributed by atoms with Crippen molar-refractivity contribution in [2.45, 2.75) is 25.8 Å². The Kier molecular flexibility index (Phi) is 4.66. The lowest BCUT2D eigenvalue weighted by molar-refractivity contribution is 0.0712. The Morgan fingerprint density at radius 1 is 1.33 bits per heavy atom. The number of aromatic nitrogens is 3. The maximum Gasteiger partial charge on any atom is 0.272 e. The predicted molar refractivity (Wildman–Crippen MR) is 88.3 cm³/mol. The van der Waals surface area contributed by atoms with Crippen LogP contribution in [-0.4, -0.2) is 45.1 Å². The van der Waals surface area contributed by atoms with E-state index < -0.39 is 0 Å². The Labute approximate surface area is 140 Å². The highest BCUT2D eigenvalue weighted by molar-refractivity contribution is 5.92. The highest BCUT2D eigenvalue weighted by Gasteiger charge is 2.24. The lowest BCUT2D eigenvalue weighted by Crippen LogP contribution is -2.42. The zero-order valence-electron chi connectivity index (χ0n) is 13.4. The average Bonchev–Trinajstić information content (AvgIpc) is 2.62. The van der Waals surface area contributed by atoms with Crippen LogP contribution in [-0.2, 0) is 0 Å². The summed E-state index contributed by atoms with van der Waals surface area (Å²) in [6.07, 6.45) is 3.33. The minimum absolute atomic E-state index is 0.0828. The third-order valence-electron chi connectivity index (χ3n) is 4.13. The number of aryl methyl sites for hydroxylation is 1. The van der Waals surface area contributed by atoms with E-state index in [-0.39, 0.29) is 11.9 Å². The molecule has 1 aliphatic heterocycles. The van der Waals surface area contributed by atoms with Gasteiger partial charge in [-0.15, -0.1) is 5.10 Å². The van der Waals surface area contributed by atoms with Gasteiger partial charge in [-0.3, -0.25) is 4.79 Å². The number of carbonyl (C=O) groups is 1. The van der Waals surface area contributed by atoms with Crippen molar-refractivity contribution in [2.24, 2.45) is 0 Å². The van der Waals surface area contributed by atoms with E-state index in [1.54, 1.807) is 25.3 Å². The number of hydrogen-bond acceptors (Lipinski definition) is 6. The summed E-state index contributed by atoms with van der Waals surface area (Å²) in [7, 11) is 0. The smallest absolute Gasteiger partial charge is 0.272 e. The summed E-state index contributed by atoms with van der Waals surface area (Å²) in [5.74, 6) is 0.673. The summed E-state index contributed by atoms with van der Waals surface area (Å²) in [6.45, 7) is 3.07. The average molecular weight is 322 g/mol. The van der Waals surface area contributed by atoms with E-state index in [1.807, 2.05) is 17.0 Å². The molecule has 2 aromatic heterocycles. The van der Waals surface area contributed by atoms with Crippen molar-refractivity contribution < 1.29 is 4.79 Å². The van der Waals surface area contributed by atoms with E-state index in [9.17, 15) is 4.79 Å². The number of anilines is 1. The van der Waals surface area contributed by atoms with E-state index in [2.05, 4.69) is 26.6 Å². The third-order valence-corrected chi connectivity index (χ3v) is 4.13. The van der Waals surface area contributed by atoms with Crippen LogP contribution >= 0.6 is 0 Å². The van der Waals surface area contributed by atoms with E-state index in [4.69, 9.17) is 5.26 Å². The molecule has 0 aliphatic carbocycles. The molecule has 0 spiro atoms. The molecule has 1 saturated heterocycles. The van der Waals surface area contributed by atoms with Crippen LogP contribution in [0, 0.1) is 18.3 Å². The first-order chi connectivity index (χ1) is 11.7. The van der Waals surface area contributed by atoms with Crippen molar-refractivity contribution >= 4 is 11.7 Å². The molecule has 1 amide bonds. The van der Waals surface area contributed by atoms with Crippen LogP contribution < -0.4 is 5.32 Å². The largest absolute Gasteiger partial charge is 0.366 e. The first kappa shape index (κ1) is 15.9. The summed E-state index contributed by atoms with van der Waals surface area (Å²) in [4.78, 5) is 18.6. The topological polar surface area (TPSA) is 94.8 Å². The van der Waals surface area contributed by atoms with Gasteiger partial charge >= 0.3 is 0 Å². The van der Waals surface area contributed by atoms with Crippen LogP contribution in [0.1, 0.15) is 34.6 Å². The van der Waals surface area contributed by atoms with Crippen molar-refractivity contribution in [3.8, 4) is 6.07 Å². The fraction of sp³-hybridized carbons (Fsp3) is 0.353. The molecular weight excluding hydrogens is 304 g/mol. The lowest BCUT2D eigenvalue weighted by atomic mass is 10.0. The van der Waals surface area contributed by atoms with Gasteiger partial charge in [0.2, 0.25) is 0 Å². The van der Waals surface area contributed by atoms with Crippen LogP contribution in [0.2, 0.25) is 0 Å². The molecule has 1 N–H and O–H groups in total. The number of amides is 1. The van der Waals surface area contributed by atoms with E-state index in [0.29, 0.717) is 30.0 Å². The SMILES string of the molecule is Cc1nc(C(=O)N2CCC(Nc3cccnn3)CC2)ccc1C#N. The third kappa shape index (κ3) is 3.49. The van der Waals surface area contributed by atoms with Crippen LogP contribution in [0.15, 0.2) is 30.5 Å². The quantitative estimate of drug-likeness (QED) is 0.925. The fourth-order valence-electron chi connectivity index (χ4n) is 2.77. The molecule has 7 heteroatoms. The molecule has 24 heavy (non-hydrogen) atoms. The number of piperidine rings is 1. The number of nitrogens with zero attached hydrogens (tertiary/aromatic N) is 5. The molecule has 122 valence electrons. The zero-order chi connectivity index (χ0) is 16.9. The molecule has 0 unspecified atom stereocenters. The fourth-order valence-corrected chi connectivity index (χ4v) is 2.77. The molecule has 0 aromatic carbocycles. The van der Waals surface area contributed by atoms with Crippen molar-refractivity contribution in [2.75, 3.05) is 18.4 Å². The molecule has 1 aliphatic rings. The van der Waals surface area contributed by atoms with Gasteiger partial charge in [0.25, 0.3) is 5.91 Å². The predicted octanol–water partition coefficient (Wildman–Crippen LogP) is 1.77. The number of nitrogens with one attached hydrogen (secondary N) is 1. The summed E-state index contributed by atoms with van der Waals surface area (Å²) in [6, 6.07) is 9.34. The van der Waals surface area contributed by atoms with Gasteiger partial charge in [0.1, 0.15) is 17.6 Å². The monoisotopic (exact) mass is 322 g/mol. The van der Waals surface area contributed by atoms with Crippen molar-refractivity contribution in [1.82, 2.24) is 20.1 Å². The molecular formula is C17H18N6O. The van der Waals surface area contributed by atoms with Crippen molar-refractivity contribution in [1.29, 1.82) is 5.26 Å². The van der Waals surface area contributed by atoms with Gasteiger partial charge in [-0.1, -0.05) is 0 Å². The molecule has 3 rings (SSSR count). The second-order valence-corrected chi connectivity index (χ2v) is 5.76. The van der Waals surface area contributed by atoms with E-state index in [1.165, 1.54) is 0 Å². The van der Waals surface area contributed by atoms with Crippen molar-refractivity contribution in [3.63, 3.8) is 0 Å². The zero-order valence-corrected chi connectivity index (χ0v) is 13.4. The summed E-state index contributed by atoms with van der Waals surface area (Å²) in [5.41, 5.74) is 1.48. The number of rotatable bonds is 3. The normalized spacial score (nSPS) is 14.9. The highest BCUT2D eigenvalue weighted by atomic mass is 16.2. The Morgan fingerprint density at radius 3 is 2.75 bits per heavy atom. The summed E-state index contributed by atoms with van der Waals surface area (Å²) >= 11 is 0. The molecule has 2 aromatic rings. The van der Waals surface area contributed by atoms with E-state index >= 15 is 0 Å². The van der Waals surface area contributed by atoms with Gasteiger partial charge in [0.05, 0.1) is 11.3 Å². The van der Waals surface area contributed by atoms with Gasteiger partial charge in [-0.05, 0) is 44.0 Å². The lowest BCUT2D eigenvalue weighted by Gasteiger charge is -2.32.